The SMILES string of the molecule is CCC(=O)N1CCCC[C@@H]1c1cc2nc3c(c(=O)n2[nH]1)CN(CC1CC1)CC3. The van der Waals surface area contributed by atoms with Crippen LogP contribution >= 0.6 is 0 Å². The summed E-state index contributed by atoms with van der Waals surface area (Å²) in [5, 5.41) is 3.29. The van der Waals surface area contributed by atoms with Crippen molar-refractivity contribution < 1.29 is 4.79 Å². The lowest BCUT2D eigenvalue weighted by atomic mass is 9.99. The van der Waals surface area contributed by atoms with Crippen molar-refractivity contribution in [2.75, 3.05) is 19.6 Å². The molecule has 2 aromatic rings. The summed E-state index contributed by atoms with van der Waals surface area (Å²) in [5.74, 6) is 1.00. The number of nitrogens with one attached hydrogen (secondary N) is 1. The third-order valence-corrected chi connectivity index (χ3v) is 6.56. The van der Waals surface area contributed by atoms with Gasteiger partial charge in [-0.2, -0.15) is 0 Å². The monoisotopic (exact) mass is 383 g/mol. The summed E-state index contributed by atoms with van der Waals surface area (Å²) < 4.78 is 1.60. The molecule has 7 heteroatoms. The third-order valence-electron chi connectivity index (χ3n) is 6.56. The van der Waals surface area contributed by atoms with Gasteiger partial charge in [0.2, 0.25) is 5.91 Å². The Morgan fingerprint density at radius 1 is 1.25 bits per heavy atom. The number of likely N-dealkylation sites (tertiary alicyclic amines) is 1. The van der Waals surface area contributed by atoms with E-state index in [0.29, 0.717) is 18.6 Å². The van der Waals surface area contributed by atoms with Gasteiger partial charge in [-0.3, -0.25) is 19.6 Å². The van der Waals surface area contributed by atoms with Crippen LogP contribution in [-0.4, -0.2) is 49.9 Å². The first kappa shape index (κ1) is 17.9. The number of carbonyl (C=O) groups is 1. The van der Waals surface area contributed by atoms with Crippen molar-refractivity contribution >= 4 is 11.6 Å². The zero-order valence-corrected chi connectivity index (χ0v) is 16.6. The Kier molecular flexibility index (Phi) is 4.50. The second-order valence-corrected chi connectivity index (χ2v) is 8.63. The zero-order valence-electron chi connectivity index (χ0n) is 16.6. The molecule has 0 bridgehead atoms. The van der Waals surface area contributed by atoms with Crippen LogP contribution < -0.4 is 5.56 Å². The number of amides is 1. The summed E-state index contributed by atoms with van der Waals surface area (Å²) >= 11 is 0. The Hall–Kier alpha value is -2.15. The van der Waals surface area contributed by atoms with Gasteiger partial charge in [0.15, 0.2) is 5.65 Å². The minimum Gasteiger partial charge on any atom is -0.334 e. The lowest BCUT2D eigenvalue weighted by molar-refractivity contribution is -0.134. The number of fused-ring (bicyclic) bond motifs is 2. The summed E-state index contributed by atoms with van der Waals surface area (Å²) in [5.41, 5.74) is 3.43. The minimum atomic E-state index is 0.0192. The molecule has 0 spiro atoms. The van der Waals surface area contributed by atoms with E-state index in [0.717, 1.165) is 68.2 Å². The molecule has 1 saturated carbocycles. The van der Waals surface area contributed by atoms with E-state index in [1.807, 2.05) is 17.9 Å². The topological polar surface area (TPSA) is 73.7 Å². The number of rotatable bonds is 4. The molecule has 0 aromatic carbocycles. The van der Waals surface area contributed by atoms with Crippen molar-refractivity contribution in [2.24, 2.45) is 5.92 Å². The number of piperidine rings is 1. The molecule has 2 fully saturated rings. The highest BCUT2D eigenvalue weighted by Crippen LogP contribution is 2.32. The Balaban J connectivity index is 1.48. The van der Waals surface area contributed by atoms with Crippen LogP contribution in [0.4, 0.5) is 0 Å². The van der Waals surface area contributed by atoms with E-state index in [4.69, 9.17) is 4.98 Å². The van der Waals surface area contributed by atoms with Crippen LogP contribution in [0.15, 0.2) is 10.9 Å². The Morgan fingerprint density at radius 2 is 2.11 bits per heavy atom. The second-order valence-electron chi connectivity index (χ2n) is 8.63. The number of aromatic amines is 1. The number of aromatic nitrogens is 3. The van der Waals surface area contributed by atoms with Gasteiger partial charge in [-0.25, -0.2) is 9.50 Å². The second kappa shape index (κ2) is 7.03. The van der Waals surface area contributed by atoms with Gasteiger partial charge in [0.05, 0.1) is 23.0 Å². The first-order chi connectivity index (χ1) is 13.6. The maximum Gasteiger partial charge on any atom is 0.277 e. The highest BCUT2D eigenvalue weighted by Gasteiger charge is 2.31. The molecule has 28 heavy (non-hydrogen) atoms. The number of nitrogens with zero attached hydrogens (tertiary/aromatic N) is 4. The molecule has 150 valence electrons. The van der Waals surface area contributed by atoms with E-state index in [9.17, 15) is 9.59 Å². The molecule has 0 unspecified atom stereocenters. The van der Waals surface area contributed by atoms with Gasteiger partial charge >= 0.3 is 0 Å². The number of H-pyrrole nitrogens is 1. The van der Waals surface area contributed by atoms with Crippen LogP contribution in [0.2, 0.25) is 0 Å². The highest BCUT2D eigenvalue weighted by atomic mass is 16.2. The third kappa shape index (κ3) is 3.15. The quantitative estimate of drug-likeness (QED) is 0.879. The van der Waals surface area contributed by atoms with Gasteiger partial charge in [-0.05, 0) is 38.0 Å². The molecule has 1 amide bonds. The largest absolute Gasteiger partial charge is 0.334 e. The molecular formula is C21H29N5O2. The molecule has 1 saturated heterocycles. The van der Waals surface area contributed by atoms with E-state index in [-0.39, 0.29) is 17.5 Å². The van der Waals surface area contributed by atoms with E-state index in [1.165, 1.54) is 12.8 Å². The zero-order chi connectivity index (χ0) is 19.3. The fourth-order valence-corrected chi connectivity index (χ4v) is 4.80. The van der Waals surface area contributed by atoms with Crippen molar-refractivity contribution in [1.29, 1.82) is 0 Å². The van der Waals surface area contributed by atoms with E-state index >= 15 is 0 Å². The van der Waals surface area contributed by atoms with Gasteiger partial charge in [0, 0.05) is 45.1 Å². The standard InChI is InChI=1S/C21H29N5O2/c1-2-20(27)25-9-4-3-5-18(25)17-11-19-22-16-8-10-24(12-14-6-7-14)13-15(16)21(28)26(19)23-17/h11,14,18,23H,2-10,12-13H2,1H3/t18-/m1/s1. The number of hydrogen-bond acceptors (Lipinski definition) is 4. The molecule has 4 heterocycles. The van der Waals surface area contributed by atoms with Crippen molar-refractivity contribution in [3.63, 3.8) is 0 Å². The predicted molar refractivity (Wildman–Crippen MR) is 106 cm³/mol. The lowest BCUT2D eigenvalue weighted by Crippen LogP contribution is -2.38. The smallest absolute Gasteiger partial charge is 0.277 e. The van der Waals surface area contributed by atoms with Crippen molar-refractivity contribution in [3.05, 3.63) is 33.4 Å². The molecule has 5 rings (SSSR count). The Labute approximate surface area is 164 Å². The molecule has 1 N–H and O–H groups in total. The van der Waals surface area contributed by atoms with Gasteiger partial charge in [-0.1, -0.05) is 6.92 Å². The van der Waals surface area contributed by atoms with E-state index in [2.05, 4.69) is 10.00 Å². The summed E-state index contributed by atoms with van der Waals surface area (Å²) in [6.07, 6.45) is 7.09. The number of hydrogen-bond donors (Lipinski definition) is 1. The first-order valence-electron chi connectivity index (χ1n) is 10.8. The van der Waals surface area contributed by atoms with Crippen LogP contribution in [0.3, 0.4) is 0 Å². The summed E-state index contributed by atoms with van der Waals surface area (Å²) in [4.78, 5) is 34.8. The maximum atomic E-state index is 13.2. The maximum absolute atomic E-state index is 13.2. The van der Waals surface area contributed by atoms with Crippen LogP contribution in [0.25, 0.3) is 5.65 Å². The summed E-state index contributed by atoms with van der Waals surface area (Å²) in [6, 6.07) is 2.00. The average molecular weight is 383 g/mol. The Bertz CT molecular complexity index is 958. The molecule has 1 aliphatic carbocycles. The lowest BCUT2D eigenvalue weighted by Gasteiger charge is -2.35. The van der Waals surface area contributed by atoms with Crippen LogP contribution in [0, 0.1) is 5.92 Å². The number of carbonyl (C=O) groups excluding carboxylic acids is 1. The molecule has 1 atom stereocenters. The highest BCUT2D eigenvalue weighted by molar-refractivity contribution is 5.76. The first-order valence-corrected chi connectivity index (χ1v) is 10.8. The van der Waals surface area contributed by atoms with Gasteiger partial charge < -0.3 is 4.90 Å². The molecule has 3 aliphatic rings. The molecule has 0 radical (unpaired) electrons. The molecule has 2 aromatic heterocycles. The van der Waals surface area contributed by atoms with Crippen LogP contribution in [0.1, 0.15) is 68.4 Å². The van der Waals surface area contributed by atoms with Gasteiger partial charge in [0.25, 0.3) is 5.56 Å². The Morgan fingerprint density at radius 3 is 2.89 bits per heavy atom. The fourth-order valence-electron chi connectivity index (χ4n) is 4.80. The minimum absolute atomic E-state index is 0.0192. The van der Waals surface area contributed by atoms with E-state index in [1.54, 1.807) is 4.52 Å². The summed E-state index contributed by atoms with van der Waals surface area (Å²) in [6.45, 7) is 5.51. The van der Waals surface area contributed by atoms with Crippen molar-refractivity contribution in [2.45, 2.75) is 64.5 Å². The molecule has 7 nitrogen and oxygen atoms in total. The summed E-state index contributed by atoms with van der Waals surface area (Å²) in [7, 11) is 0. The van der Waals surface area contributed by atoms with Gasteiger partial charge in [0.1, 0.15) is 0 Å². The predicted octanol–water partition coefficient (Wildman–Crippen LogP) is 2.25. The fraction of sp³-hybridized carbons (Fsp3) is 0.667. The van der Waals surface area contributed by atoms with Crippen molar-refractivity contribution in [1.82, 2.24) is 24.4 Å². The van der Waals surface area contributed by atoms with Crippen LogP contribution in [-0.2, 0) is 17.8 Å². The van der Waals surface area contributed by atoms with Gasteiger partial charge in [-0.15, -0.1) is 0 Å². The molecular weight excluding hydrogens is 354 g/mol. The average Bonchev–Trinajstić information content (AvgIpc) is 3.43. The normalized spacial score (nSPS) is 23.2. The van der Waals surface area contributed by atoms with Crippen molar-refractivity contribution in [3.8, 4) is 0 Å². The molecule has 2 aliphatic heterocycles. The van der Waals surface area contributed by atoms with Crippen LogP contribution in [0.5, 0.6) is 0 Å². The van der Waals surface area contributed by atoms with E-state index < -0.39 is 0 Å².